The highest BCUT2D eigenvalue weighted by atomic mass is 19.1. The van der Waals surface area contributed by atoms with Crippen LogP contribution in [0, 0.1) is 17.6 Å². The van der Waals surface area contributed by atoms with Crippen molar-refractivity contribution in [2.45, 2.75) is 32.9 Å². The maximum Gasteiger partial charge on any atom is 0.257 e. The lowest BCUT2D eigenvalue weighted by Gasteiger charge is -2.24. The van der Waals surface area contributed by atoms with Crippen molar-refractivity contribution in [1.29, 1.82) is 0 Å². The SMILES string of the molecule is CC(NC(=O)C(NC(=O)c1c(F)cccc1F)C(C)C)c1ccc2ccccc2c1. The summed E-state index contributed by atoms with van der Waals surface area (Å²) >= 11 is 0. The fourth-order valence-corrected chi connectivity index (χ4v) is 3.33. The van der Waals surface area contributed by atoms with Gasteiger partial charge in [0.2, 0.25) is 5.91 Å². The predicted molar refractivity (Wildman–Crippen MR) is 113 cm³/mol. The van der Waals surface area contributed by atoms with E-state index in [0.717, 1.165) is 28.5 Å². The minimum absolute atomic E-state index is 0.285. The maximum absolute atomic E-state index is 13.9. The van der Waals surface area contributed by atoms with E-state index in [9.17, 15) is 18.4 Å². The average molecular weight is 410 g/mol. The molecule has 0 fully saturated rings. The first-order valence-corrected chi connectivity index (χ1v) is 9.82. The second-order valence-electron chi connectivity index (χ2n) is 7.63. The summed E-state index contributed by atoms with van der Waals surface area (Å²) in [6, 6.07) is 15.8. The molecule has 2 N–H and O–H groups in total. The highest BCUT2D eigenvalue weighted by Gasteiger charge is 2.28. The quantitative estimate of drug-likeness (QED) is 0.616. The van der Waals surface area contributed by atoms with Gasteiger partial charge in [0, 0.05) is 0 Å². The standard InChI is InChI=1S/C24H24F2N2O2/c1-14(2)22(28-23(29)21-19(25)9-6-10-20(21)26)24(30)27-15(3)17-12-11-16-7-4-5-8-18(16)13-17/h4-15,22H,1-3H3,(H,27,30)(H,28,29). The lowest BCUT2D eigenvalue weighted by atomic mass is 10.00. The van der Waals surface area contributed by atoms with E-state index in [2.05, 4.69) is 10.6 Å². The third kappa shape index (κ3) is 4.64. The van der Waals surface area contributed by atoms with Gasteiger partial charge in [-0.05, 0) is 47.4 Å². The van der Waals surface area contributed by atoms with E-state index in [-0.39, 0.29) is 12.0 Å². The zero-order valence-corrected chi connectivity index (χ0v) is 17.1. The number of hydrogen-bond acceptors (Lipinski definition) is 2. The molecule has 0 aliphatic carbocycles. The summed E-state index contributed by atoms with van der Waals surface area (Å²) in [6.07, 6.45) is 0. The molecule has 3 aromatic rings. The molecule has 0 aromatic heterocycles. The lowest BCUT2D eigenvalue weighted by Crippen LogP contribution is -2.50. The van der Waals surface area contributed by atoms with E-state index in [4.69, 9.17) is 0 Å². The van der Waals surface area contributed by atoms with Crippen LogP contribution in [-0.4, -0.2) is 17.9 Å². The first kappa shape index (κ1) is 21.4. The Labute approximate surface area is 174 Å². The van der Waals surface area contributed by atoms with Crippen LogP contribution < -0.4 is 10.6 Å². The van der Waals surface area contributed by atoms with Gasteiger partial charge in [0.25, 0.3) is 5.91 Å². The minimum Gasteiger partial charge on any atom is -0.348 e. The Hall–Kier alpha value is -3.28. The van der Waals surface area contributed by atoms with Crippen LogP contribution in [0.1, 0.15) is 42.7 Å². The lowest BCUT2D eigenvalue weighted by molar-refractivity contribution is -0.124. The number of hydrogen-bond donors (Lipinski definition) is 2. The molecule has 6 heteroatoms. The molecule has 2 amide bonds. The highest BCUT2D eigenvalue weighted by Crippen LogP contribution is 2.21. The molecule has 4 nitrogen and oxygen atoms in total. The summed E-state index contributed by atoms with van der Waals surface area (Å²) in [6.45, 7) is 5.35. The van der Waals surface area contributed by atoms with E-state index in [0.29, 0.717) is 0 Å². The Kier molecular flexibility index (Phi) is 6.45. The van der Waals surface area contributed by atoms with Gasteiger partial charge in [-0.2, -0.15) is 0 Å². The van der Waals surface area contributed by atoms with Crippen molar-refractivity contribution in [2.75, 3.05) is 0 Å². The van der Waals surface area contributed by atoms with Gasteiger partial charge in [-0.3, -0.25) is 9.59 Å². The predicted octanol–water partition coefficient (Wildman–Crippen LogP) is 4.75. The van der Waals surface area contributed by atoms with Crippen LogP contribution in [0.25, 0.3) is 10.8 Å². The zero-order valence-electron chi connectivity index (χ0n) is 17.1. The number of rotatable bonds is 6. The Balaban J connectivity index is 1.75. The van der Waals surface area contributed by atoms with Gasteiger partial charge in [0.1, 0.15) is 23.2 Å². The summed E-state index contributed by atoms with van der Waals surface area (Å²) in [5, 5.41) is 7.51. The van der Waals surface area contributed by atoms with Gasteiger partial charge >= 0.3 is 0 Å². The monoisotopic (exact) mass is 410 g/mol. The summed E-state index contributed by atoms with van der Waals surface area (Å²) in [4.78, 5) is 25.3. The van der Waals surface area contributed by atoms with E-state index >= 15 is 0 Å². The molecule has 0 saturated heterocycles. The molecule has 156 valence electrons. The Morgan fingerprint density at radius 1 is 0.800 bits per heavy atom. The van der Waals surface area contributed by atoms with E-state index in [1.165, 1.54) is 6.07 Å². The molecule has 0 bridgehead atoms. The Morgan fingerprint density at radius 3 is 2.07 bits per heavy atom. The summed E-state index contributed by atoms with van der Waals surface area (Å²) < 4.78 is 27.8. The molecule has 2 atom stereocenters. The average Bonchev–Trinajstić information content (AvgIpc) is 2.71. The number of benzene rings is 3. The van der Waals surface area contributed by atoms with Crippen molar-refractivity contribution in [2.24, 2.45) is 5.92 Å². The van der Waals surface area contributed by atoms with Crippen LogP contribution >= 0.6 is 0 Å². The smallest absolute Gasteiger partial charge is 0.257 e. The van der Waals surface area contributed by atoms with Gasteiger partial charge in [-0.15, -0.1) is 0 Å². The molecular formula is C24H24F2N2O2. The van der Waals surface area contributed by atoms with Crippen LogP contribution in [0.2, 0.25) is 0 Å². The minimum atomic E-state index is -0.972. The van der Waals surface area contributed by atoms with E-state index in [1.54, 1.807) is 13.8 Å². The summed E-state index contributed by atoms with van der Waals surface area (Å²) in [5.74, 6) is -3.61. The fourth-order valence-electron chi connectivity index (χ4n) is 3.33. The molecule has 0 spiro atoms. The van der Waals surface area contributed by atoms with E-state index < -0.39 is 35.1 Å². The highest BCUT2D eigenvalue weighted by molar-refractivity contribution is 5.98. The zero-order chi connectivity index (χ0) is 21.8. The molecule has 0 radical (unpaired) electrons. The van der Waals surface area contributed by atoms with Crippen molar-refractivity contribution in [3.8, 4) is 0 Å². The molecule has 0 heterocycles. The largest absolute Gasteiger partial charge is 0.348 e. The van der Waals surface area contributed by atoms with Gasteiger partial charge in [0.15, 0.2) is 0 Å². The molecule has 30 heavy (non-hydrogen) atoms. The van der Waals surface area contributed by atoms with Crippen molar-refractivity contribution in [3.63, 3.8) is 0 Å². The molecule has 2 unspecified atom stereocenters. The molecule has 0 aliphatic rings. The normalized spacial score (nSPS) is 13.1. The van der Waals surface area contributed by atoms with E-state index in [1.807, 2.05) is 49.4 Å². The second-order valence-corrected chi connectivity index (χ2v) is 7.63. The molecule has 0 aliphatic heterocycles. The maximum atomic E-state index is 13.9. The Morgan fingerprint density at radius 2 is 1.43 bits per heavy atom. The van der Waals surface area contributed by atoms with Crippen molar-refractivity contribution in [1.82, 2.24) is 10.6 Å². The third-order valence-corrected chi connectivity index (χ3v) is 5.06. The number of fused-ring (bicyclic) bond motifs is 1. The first-order valence-electron chi connectivity index (χ1n) is 9.82. The van der Waals surface area contributed by atoms with Crippen LogP contribution in [-0.2, 0) is 4.79 Å². The van der Waals surface area contributed by atoms with Gasteiger partial charge in [0.05, 0.1) is 6.04 Å². The van der Waals surface area contributed by atoms with Crippen LogP contribution in [0.15, 0.2) is 60.7 Å². The van der Waals surface area contributed by atoms with Crippen LogP contribution in [0.3, 0.4) is 0 Å². The Bertz CT molecular complexity index is 1060. The third-order valence-electron chi connectivity index (χ3n) is 5.06. The summed E-state index contributed by atoms with van der Waals surface area (Å²) in [7, 11) is 0. The number of nitrogens with one attached hydrogen (secondary N) is 2. The molecular weight excluding hydrogens is 386 g/mol. The number of carbonyl (C=O) groups is 2. The van der Waals surface area contributed by atoms with Gasteiger partial charge in [-0.25, -0.2) is 8.78 Å². The second kappa shape index (κ2) is 9.03. The first-order chi connectivity index (χ1) is 14.3. The van der Waals surface area contributed by atoms with Crippen LogP contribution in [0.5, 0.6) is 0 Å². The summed E-state index contributed by atoms with van der Waals surface area (Å²) in [5.41, 5.74) is 0.217. The van der Waals surface area contributed by atoms with Crippen molar-refractivity contribution < 1.29 is 18.4 Å². The van der Waals surface area contributed by atoms with Gasteiger partial charge in [-0.1, -0.05) is 56.3 Å². The van der Waals surface area contributed by atoms with Gasteiger partial charge < -0.3 is 10.6 Å². The van der Waals surface area contributed by atoms with Crippen molar-refractivity contribution >= 4 is 22.6 Å². The van der Waals surface area contributed by atoms with Crippen LogP contribution in [0.4, 0.5) is 8.78 Å². The number of carbonyl (C=O) groups excluding carboxylic acids is 2. The van der Waals surface area contributed by atoms with Crippen molar-refractivity contribution in [3.05, 3.63) is 83.4 Å². The molecule has 3 aromatic carbocycles. The number of halogens is 2. The molecule has 3 rings (SSSR count). The topological polar surface area (TPSA) is 58.2 Å². The fraction of sp³-hybridized carbons (Fsp3) is 0.250. The number of amides is 2. The molecule has 0 saturated carbocycles.